The van der Waals surface area contributed by atoms with E-state index in [0.717, 1.165) is 10.7 Å². The van der Waals surface area contributed by atoms with Gasteiger partial charge in [-0.1, -0.05) is 19.3 Å². The van der Waals surface area contributed by atoms with Gasteiger partial charge in [-0.15, -0.1) is 11.3 Å². The second-order valence-electron chi connectivity index (χ2n) is 4.57. The first-order valence-corrected chi connectivity index (χ1v) is 7.07. The Hall–Kier alpha value is -0.920. The highest BCUT2D eigenvalue weighted by atomic mass is 32.1. The maximum atomic E-state index is 8.66. The van der Waals surface area contributed by atoms with Crippen molar-refractivity contribution in [1.82, 2.24) is 4.98 Å². The Morgan fingerprint density at radius 1 is 1.53 bits per heavy atom. The SMILES string of the molecule is COC(c1nc(CC#N)cs1)C1CCCCC1. The van der Waals surface area contributed by atoms with Crippen LogP contribution in [0.4, 0.5) is 0 Å². The van der Waals surface area contributed by atoms with Crippen molar-refractivity contribution in [3.8, 4) is 6.07 Å². The lowest BCUT2D eigenvalue weighted by atomic mass is 9.85. The third-order valence-electron chi connectivity index (χ3n) is 3.40. The molecule has 1 fully saturated rings. The van der Waals surface area contributed by atoms with E-state index in [1.165, 1.54) is 32.1 Å². The minimum absolute atomic E-state index is 0.132. The maximum absolute atomic E-state index is 8.66. The molecule has 0 spiro atoms. The van der Waals surface area contributed by atoms with Crippen LogP contribution >= 0.6 is 11.3 Å². The fourth-order valence-corrected chi connectivity index (χ4v) is 3.53. The molecular formula is C13H18N2OS. The Kier molecular flexibility index (Phi) is 4.52. The summed E-state index contributed by atoms with van der Waals surface area (Å²) in [5, 5.41) is 11.7. The van der Waals surface area contributed by atoms with Gasteiger partial charge in [0, 0.05) is 12.5 Å². The third-order valence-corrected chi connectivity index (χ3v) is 4.36. The molecule has 0 amide bonds. The van der Waals surface area contributed by atoms with Crippen molar-refractivity contribution in [3.05, 3.63) is 16.1 Å². The normalized spacial score (nSPS) is 18.8. The van der Waals surface area contributed by atoms with Gasteiger partial charge in [-0.25, -0.2) is 4.98 Å². The smallest absolute Gasteiger partial charge is 0.122 e. The van der Waals surface area contributed by atoms with Gasteiger partial charge in [0.1, 0.15) is 11.1 Å². The number of aromatic nitrogens is 1. The molecule has 1 unspecified atom stereocenters. The molecule has 1 atom stereocenters. The van der Waals surface area contributed by atoms with Gasteiger partial charge in [0.05, 0.1) is 18.2 Å². The van der Waals surface area contributed by atoms with Crippen LogP contribution in [-0.2, 0) is 11.2 Å². The number of rotatable bonds is 4. The minimum atomic E-state index is 0.132. The number of thiazole rings is 1. The van der Waals surface area contributed by atoms with Crippen molar-refractivity contribution in [1.29, 1.82) is 5.26 Å². The molecule has 0 aliphatic heterocycles. The fourth-order valence-electron chi connectivity index (χ4n) is 2.55. The second-order valence-corrected chi connectivity index (χ2v) is 5.46. The van der Waals surface area contributed by atoms with Gasteiger partial charge in [-0.2, -0.15) is 5.26 Å². The van der Waals surface area contributed by atoms with Gasteiger partial charge in [-0.05, 0) is 18.8 Å². The van der Waals surface area contributed by atoms with Gasteiger partial charge >= 0.3 is 0 Å². The molecule has 1 aromatic heterocycles. The minimum Gasteiger partial charge on any atom is -0.374 e. The molecule has 92 valence electrons. The molecule has 3 nitrogen and oxygen atoms in total. The molecule has 1 aromatic rings. The van der Waals surface area contributed by atoms with Crippen LogP contribution in [0.25, 0.3) is 0 Å². The van der Waals surface area contributed by atoms with Crippen LogP contribution in [0.1, 0.15) is 48.9 Å². The van der Waals surface area contributed by atoms with Crippen molar-refractivity contribution in [3.63, 3.8) is 0 Å². The highest BCUT2D eigenvalue weighted by molar-refractivity contribution is 7.09. The summed E-state index contributed by atoms with van der Waals surface area (Å²) in [6.45, 7) is 0. The third kappa shape index (κ3) is 3.05. The monoisotopic (exact) mass is 250 g/mol. The van der Waals surface area contributed by atoms with Crippen LogP contribution < -0.4 is 0 Å². The van der Waals surface area contributed by atoms with E-state index in [-0.39, 0.29) is 6.10 Å². The zero-order valence-corrected chi connectivity index (χ0v) is 11.0. The molecule has 0 aromatic carbocycles. The second kappa shape index (κ2) is 6.13. The Morgan fingerprint density at radius 2 is 2.29 bits per heavy atom. The van der Waals surface area contributed by atoms with Gasteiger partial charge < -0.3 is 4.74 Å². The molecule has 2 rings (SSSR count). The lowest BCUT2D eigenvalue weighted by molar-refractivity contribution is 0.0351. The van der Waals surface area contributed by atoms with Crippen LogP contribution in [0.5, 0.6) is 0 Å². The average Bonchev–Trinajstić information content (AvgIpc) is 2.81. The van der Waals surface area contributed by atoms with Crippen LogP contribution in [0.2, 0.25) is 0 Å². The van der Waals surface area contributed by atoms with Crippen LogP contribution in [0.3, 0.4) is 0 Å². The molecule has 1 saturated carbocycles. The van der Waals surface area contributed by atoms with Crippen molar-refractivity contribution in [2.45, 2.75) is 44.6 Å². The zero-order chi connectivity index (χ0) is 12.1. The number of hydrogen-bond donors (Lipinski definition) is 0. The largest absolute Gasteiger partial charge is 0.374 e. The summed E-state index contributed by atoms with van der Waals surface area (Å²) >= 11 is 1.63. The molecule has 4 heteroatoms. The molecule has 0 saturated heterocycles. The summed E-state index contributed by atoms with van der Waals surface area (Å²) in [5.41, 5.74) is 0.880. The van der Waals surface area contributed by atoms with Crippen LogP contribution in [0, 0.1) is 17.2 Å². The summed E-state index contributed by atoms with van der Waals surface area (Å²) in [4.78, 5) is 4.52. The molecule has 17 heavy (non-hydrogen) atoms. The van der Waals surface area contributed by atoms with Crippen molar-refractivity contribution < 1.29 is 4.74 Å². The Balaban J connectivity index is 2.08. The van der Waals surface area contributed by atoms with Crippen molar-refractivity contribution in [2.24, 2.45) is 5.92 Å². The van der Waals surface area contributed by atoms with E-state index < -0.39 is 0 Å². The Bertz CT molecular complexity index is 390. The predicted molar refractivity (Wildman–Crippen MR) is 67.8 cm³/mol. The molecule has 1 heterocycles. The lowest BCUT2D eigenvalue weighted by Gasteiger charge is -2.27. The summed E-state index contributed by atoms with van der Waals surface area (Å²) < 4.78 is 5.63. The quantitative estimate of drug-likeness (QED) is 0.822. The van der Waals surface area contributed by atoms with E-state index in [0.29, 0.717) is 12.3 Å². The molecule has 0 N–H and O–H groups in total. The van der Waals surface area contributed by atoms with Gasteiger partial charge in [0.2, 0.25) is 0 Å². The summed E-state index contributed by atoms with van der Waals surface area (Å²) in [6, 6.07) is 2.14. The van der Waals surface area contributed by atoms with E-state index in [9.17, 15) is 0 Å². The Morgan fingerprint density at radius 3 is 2.94 bits per heavy atom. The van der Waals surface area contributed by atoms with E-state index >= 15 is 0 Å². The maximum Gasteiger partial charge on any atom is 0.122 e. The van der Waals surface area contributed by atoms with Crippen molar-refractivity contribution in [2.75, 3.05) is 7.11 Å². The molecule has 1 aliphatic rings. The first-order chi connectivity index (χ1) is 8.35. The number of ether oxygens (including phenoxy) is 1. The van der Waals surface area contributed by atoms with Gasteiger partial charge in [0.15, 0.2) is 0 Å². The molecule has 1 aliphatic carbocycles. The Labute approximate surface area is 106 Å². The predicted octanol–water partition coefficient (Wildman–Crippen LogP) is 3.48. The van der Waals surface area contributed by atoms with Gasteiger partial charge in [-0.3, -0.25) is 0 Å². The number of hydrogen-bond acceptors (Lipinski definition) is 4. The first-order valence-electron chi connectivity index (χ1n) is 6.19. The fraction of sp³-hybridized carbons (Fsp3) is 0.692. The summed E-state index contributed by atoms with van der Waals surface area (Å²) in [5.74, 6) is 0.606. The van der Waals surface area contributed by atoms with Gasteiger partial charge in [0.25, 0.3) is 0 Å². The molecular weight excluding hydrogens is 232 g/mol. The topological polar surface area (TPSA) is 45.9 Å². The summed E-state index contributed by atoms with van der Waals surface area (Å²) in [6.07, 6.45) is 6.98. The van der Waals surface area contributed by atoms with Crippen LogP contribution in [0.15, 0.2) is 5.38 Å². The standard InChI is InChI=1S/C13H18N2OS/c1-16-12(10-5-3-2-4-6-10)13-15-11(7-8-14)9-17-13/h9-10,12H,2-7H2,1H3. The number of nitrogens with zero attached hydrogens (tertiary/aromatic N) is 2. The summed E-state index contributed by atoms with van der Waals surface area (Å²) in [7, 11) is 1.77. The molecule has 0 bridgehead atoms. The van der Waals surface area contributed by atoms with E-state index in [1.54, 1.807) is 18.4 Å². The van der Waals surface area contributed by atoms with E-state index in [2.05, 4.69) is 11.1 Å². The van der Waals surface area contributed by atoms with Crippen molar-refractivity contribution >= 4 is 11.3 Å². The highest BCUT2D eigenvalue weighted by Gasteiger charge is 2.27. The first kappa shape index (κ1) is 12.5. The average molecular weight is 250 g/mol. The van der Waals surface area contributed by atoms with Crippen LogP contribution in [-0.4, -0.2) is 12.1 Å². The zero-order valence-electron chi connectivity index (χ0n) is 10.2. The number of nitriles is 1. The highest BCUT2D eigenvalue weighted by Crippen LogP contribution is 2.37. The van der Waals surface area contributed by atoms with E-state index in [1.807, 2.05) is 5.38 Å². The number of methoxy groups -OCH3 is 1. The molecule has 0 radical (unpaired) electrons. The van der Waals surface area contributed by atoms with E-state index in [4.69, 9.17) is 10.00 Å². The lowest BCUT2D eigenvalue weighted by Crippen LogP contribution is -2.17.